The van der Waals surface area contributed by atoms with Gasteiger partial charge in [-0.2, -0.15) is 4.39 Å². The van der Waals surface area contributed by atoms with Gasteiger partial charge in [-0.3, -0.25) is 9.69 Å². The highest BCUT2D eigenvalue weighted by molar-refractivity contribution is 6.08. The van der Waals surface area contributed by atoms with Crippen molar-refractivity contribution in [3.8, 4) is 11.1 Å². The summed E-state index contributed by atoms with van der Waals surface area (Å²) in [5, 5.41) is 0. The molecule has 2 aromatic heterocycles. The number of nitrogens with zero attached hydrogens (tertiary/aromatic N) is 5. The summed E-state index contributed by atoms with van der Waals surface area (Å²) >= 11 is 0. The first kappa shape index (κ1) is 21.3. The number of aromatic nitrogens is 3. The first-order valence-electron chi connectivity index (χ1n) is 9.01. The van der Waals surface area contributed by atoms with Gasteiger partial charge in [0.05, 0.1) is 5.69 Å². The Morgan fingerprint density at radius 1 is 1.09 bits per heavy atom. The summed E-state index contributed by atoms with van der Waals surface area (Å²) in [5.74, 6) is -3.79. The van der Waals surface area contributed by atoms with Crippen molar-refractivity contribution in [2.24, 2.45) is 10.7 Å². The monoisotopic (exact) mass is 448 g/mol. The van der Waals surface area contributed by atoms with E-state index in [1.165, 1.54) is 19.2 Å². The number of carbonyl (C=O) groups is 1. The standard InChI is InChI=1S/C20H13F5N6O/c1-31-17(32)20(30-19(31)26,14-4-2-3-13(29-14)16(23)24)10-5-11(15(22)12(21)6-10)9-7-27-18(25)28-8-9/h2-8,16H,1H3,(H2,26,30). The molecule has 0 spiro atoms. The Morgan fingerprint density at radius 3 is 2.38 bits per heavy atom. The van der Waals surface area contributed by atoms with Crippen LogP contribution in [0.3, 0.4) is 0 Å². The van der Waals surface area contributed by atoms with E-state index in [9.17, 15) is 26.7 Å². The van der Waals surface area contributed by atoms with Crippen LogP contribution in [-0.2, 0) is 10.3 Å². The van der Waals surface area contributed by atoms with Gasteiger partial charge >= 0.3 is 6.08 Å². The number of hydrogen-bond donors (Lipinski definition) is 1. The Balaban J connectivity index is 2.01. The van der Waals surface area contributed by atoms with Crippen molar-refractivity contribution in [2.75, 3.05) is 7.05 Å². The second kappa shape index (κ2) is 7.62. The molecule has 2 N–H and O–H groups in total. The summed E-state index contributed by atoms with van der Waals surface area (Å²) in [6.07, 6.45) is -2.20. The number of pyridine rings is 1. The molecule has 1 aromatic carbocycles. The van der Waals surface area contributed by atoms with Crippen molar-refractivity contribution < 1.29 is 26.7 Å². The number of amides is 1. The van der Waals surface area contributed by atoms with E-state index in [1.54, 1.807) is 0 Å². The number of nitrogens with two attached hydrogens (primary N) is 1. The molecule has 1 atom stereocenters. The summed E-state index contributed by atoms with van der Waals surface area (Å²) in [7, 11) is 1.29. The maximum Gasteiger partial charge on any atom is 0.308 e. The molecule has 7 nitrogen and oxygen atoms in total. The number of rotatable bonds is 4. The molecule has 164 valence electrons. The topological polar surface area (TPSA) is 97.4 Å². The summed E-state index contributed by atoms with van der Waals surface area (Å²) in [5.41, 5.74) is 2.01. The minimum atomic E-state index is -2.96. The Morgan fingerprint density at radius 2 is 1.78 bits per heavy atom. The number of carbonyl (C=O) groups excluding carboxylic acids is 1. The first-order valence-corrected chi connectivity index (χ1v) is 9.01. The van der Waals surface area contributed by atoms with E-state index in [-0.39, 0.29) is 22.8 Å². The molecule has 0 saturated heterocycles. The molecule has 3 heterocycles. The largest absolute Gasteiger partial charge is 0.369 e. The van der Waals surface area contributed by atoms with E-state index in [4.69, 9.17) is 5.73 Å². The lowest BCUT2D eigenvalue weighted by Crippen LogP contribution is -2.41. The third-order valence-electron chi connectivity index (χ3n) is 4.98. The molecule has 1 aliphatic heterocycles. The van der Waals surface area contributed by atoms with Crippen LogP contribution in [0.2, 0.25) is 0 Å². The zero-order chi connectivity index (χ0) is 23.2. The number of alkyl halides is 2. The fourth-order valence-electron chi connectivity index (χ4n) is 3.38. The van der Waals surface area contributed by atoms with Crippen LogP contribution in [0.25, 0.3) is 11.1 Å². The third-order valence-corrected chi connectivity index (χ3v) is 4.98. The van der Waals surface area contributed by atoms with Crippen LogP contribution < -0.4 is 5.73 Å². The Bertz CT molecular complexity index is 1250. The lowest BCUT2D eigenvalue weighted by Gasteiger charge is -2.26. The van der Waals surface area contributed by atoms with Gasteiger partial charge in [0.2, 0.25) is 5.54 Å². The fourth-order valence-corrected chi connectivity index (χ4v) is 3.38. The molecule has 32 heavy (non-hydrogen) atoms. The van der Waals surface area contributed by atoms with Gasteiger partial charge in [-0.15, -0.1) is 0 Å². The highest BCUT2D eigenvalue weighted by atomic mass is 19.3. The molecule has 1 amide bonds. The number of halogens is 5. The van der Waals surface area contributed by atoms with Gasteiger partial charge in [0.15, 0.2) is 17.6 Å². The molecular weight excluding hydrogens is 435 g/mol. The summed E-state index contributed by atoms with van der Waals surface area (Å²) in [6.45, 7) is 0. The van der Waals surface area contributed by atoms with Crippen molar-refractivity contribution in [3.63, 3.8) is 0 Å². The molecule has 12 heteroatoms. The van der Waals surface area contributed by atoms with Crippen molar-refractivity contribution in [3.05, 3.63) is 77.4 Å². The molecule has 4 rings (SSSR count). The lowest BCUT2D eigenvalue weighted by atomic mass is 9.84. The smallest absolute Gasteiger partial charge is 0.308 e. The molecule has 1 aliphatic rings. The Kier molecular flexibility index (Phi) is 5.07. The van der Waals surface area contributed by atoms with Gasteiger partial charge in [0, 0.05) is 30.6 Å². The minimum absolute atomic E-state index is 0.0927. The van der Waals surface area contributed by atoms with Crippen molar-refractivity contribution >= 4 is 11.9 Å². The molecule has 0 bridgehead atoms. The Hall–Kier alpha value is -3.96. The van der Waals surface area contributed by atoms with E-state index < -0.39 is 46.8 Å². The van der Waals surface area contributed by atoms with Crippen LogP contribution in [0.1, 0.15) is 23.4 Å². The predicted molar refractivity (Wildman–Crippen MR) is 102 cm³/mol. The zero-order valence-electron chi connectivity index (χ0n) is 16.2. The molecule has 0 saturated carbocycles. The second-order valence-corrected chi connectivity index (χ2v) is 6.85. The Labute approximate surface area is 177 Å². The maximum absolute atomic E-state index is 14.6. The molecule has 0 fully saturated rings. The number of hydrogen-bond acceptors (Lipinski definition) is 6. The van der Waals surface area contributed by atoms with Crippen LogP contribution in [0.4, 0.5) is 22.0 Å². The highest BCUT2D eigenvalue weighted by Gasteiger charge is 2.51. The second-order valence-electron chi connectivity index (χ2n) is 6.85. The van der Waals surface area contributed by atoms with E-state index in [0.717, 1.165) is 29.4 Å². The number of guanidine groups is 1. The van der Waals surface area contributed by atoms with Crippen molar-refractivity contribution in [2.45, 2.75) is 12.0 Å². The zero-order valence-corrected chi connectivity index (χ0v) is 16.2. The average Bonchev–Trinajstić information content (AvgIpc) is 3.01. The maximum atomic E-state index is 14.6. The number of aliphatic imine (C=N–C) groups is 1. The number of likely N-dealkylation sites (N-methyl/N-ethyl adjacent to an activating group) is 1. The molecule has 0 aliphatic carbocycles. The van der Waals surface area contributed by atoms with E-state index in [1.807, 2.05) is 0 Å². The SMILES string of the molecule is CN1C(=O)C(c2cc(F)c(F)c(-c3cnc(F)nc3)c2)(c2cccc(C(F)F)n2)N=C1N. The van der Waals surface area contributed by atoms with Gasteiger partial charge in [-0.25, -0.2) is 37.5 Å². The van der Waals surface area contributed by atoms with Crippen molar-refractivity contribution in [1.82, 2.24) is 19.9 Å². The van der Waals surface area contributed by atoms with Gasteiger partial charge in [-0.05, 0) is 29.8 Å². The summed E-state index contributed by atoms with van der Waals surface area (Å²) in [6, 6.07) is 5.30. The first-order chi connectivity index (χ1) is 15.1. The quantitative estimate of drug-likeness (QED) is 0.489. The normalized spacial score (nSPS) is 18.4. The fraction of sp³-hybridized carbons (Fsp3) is 0.150. The predicted octanol–water partition coefficient (Wildman–Crippen LogP) is 2.92. The number of benzene rings is 1. The van der Waals surface area contributed by atoms with Crippen LogP contribution >= 0.6 is 0 Å². The highest BCUT2D eigenvalue weighted by Crippen LogP contribution is 2.41. The van der Waals surface area contributed by atoms with Gasteiger partial charge in [0.25, 0.3) is 12.3 Å². The average molecular weight is 448 g/mol. The molecular formula is C20H13F5N6O. The van der Waals surface area contributed by atoms with E-state index >= 15 is 0 Å². The minimum Gasteiger partial charge on any atom is -0.369 e. The van der Waals surface area contributed by atoms with Crippen molar-refractivity contribution in [1.29, 1.82) is 0 Å². The summed E-state index contributed by atoms with van der Waals surface area (Å²) in [4.78, 5) is 28.8. The third kappa shape index (κ3) is 3.24. The van der Waals surface area contributed by atoms with E-state index in [0.29, 0.717) is 6.07 Å². The molecule has 1 unspecified atom stereocenters. The lowest BCUT2D eigenvalue weighted by molar-refractivity contribution is -0.129. The van der Waals surface area contributed by atoms with Crippen LogP contribution in [-0.4, -0.2) is 38.8 Å². The molecule has 0 radical (unpaired) electrons. The van der Waals surface area contributed by atoms with Crippen LogP contribution in [0.5, 0.6) is 0 Å². The van der Waals surface area contributed by atoms with Gasteiger partial charge in [-0.1, -0.05) is 6.07 Å². The van der Waals surface area contributed by atoms with Gasteiger partial charge in [0.1, 0.15) is 5.69 Å². The van der Waals surface area contributed by atoms with Crippen LogP contribution in [0, 0.1) is 17.7 Å². The molecule has 3 aromatic rings. The van der Waals surface area contributed by atoms with Crippen LogP contribution in [0.15, 0.2) is 47.7 Å². The summed E-state index contributed by atoms with van der Waals surface area (Å²) < 4.78 is 68.9. The van der Waals surface area contributed by atoms with E-state index in [2.05, 4.69) is 19.9 Å². The van der Waals surface area contributed by atoms with Gasteiger partial charge < -0.3 is 5.73 Å².